The van der Waals surface area contributed by atoms with Crippen molar-refractivity contribution in [3.05, 3.63) is 144 Å². The minimum atomic E-state index is -0.344. The maximum atomic E-state index is 3.33. The second-order valence-corrected chi connectivity index (χ2v) is 7.66. The van der Waals surface area contributed by atoms with Gasteiger partial charge in [-0.25, -0.2) is 0 Å². The lowest BCUT2D eigenvalue weighted by atomic mass is 9.67. The van der Waals surface area contributed by atoms with Crippen molar-refractivity contribution in [2.24, 2.45) is 0 Å². The molecule has 29 heavy (non-hydrogen) atoms. The van der Waals surface area contributed by atoms with E-state index in [1.165, 1.54) is 44.2 Å². The zero-order valence-electron chi connectivity index (χ0n) is 16.0. The molecule has 135 valence electrons. The number of rotatable bonds is 2. The molecule has 1 aliphatic carbocycles. The van der Waals surface area contributed by atoms with Crippen LogP contribution in [0.4, 0.5) is 0 Å². The third-order valence-corrected chi connectivity index (χ3v) is 6.28. The quantitative estimate of drug-likeness (QED) is 0.309. The normalized spacial score (nSPS) is 13.8. The van der Waals surface area contributed by atoms with E-state index in [9.17, 15) is 0 Å². The molecule has 0 unspecified atom stereocenters. The molecule has 0 heteroatoms. The standard InChI is InChI=1S/C29H19/c1-3-12-22(13-4-1)29(23-14-5-2-6-15-23)27-18-10-9-17-25(27)26-20-19-21-11-7-8-16-24(21)28(26)29/h1-7,9-20H. The van der Waals surface area contributed by atoms with Crippen molar-refractivity contribution < 1.29 is 0 Å². The SMILES string of the molecule is [c]1ccc2ccc3c(c2c1)C(c1ccccc1)(c1ccccc1)c1ccccc1-3. The Balaban J connectivity index is 1.88. The van der Waals surface area contributed by atoms with Crippen molar-refractivity contribution in [2.45, 2.75) is 5.41 Å². The van der Waals surface area contributed by atoms with E-state index in [1.807, 2.05) is 6.07 Å². The maximum Gasteiger partial charge on any atom is 0.0719 e. The Morgan fingerprint density at radius 2 is 1.21 bits per heavy atom. The van der Waals surface area contributed by atoms with Gasteiger partial charge in [0.1, 0.15) is 0 Å². The topological polar surface area (TPSA) is 0 Å². The van der Waals surface area contributed by atoms with Gasteiger partial charge in [-0.15, -0.1) is 0 Å². The predicted octanol–water partition coefficient (Wildman–Crippen LogP) is 7.00. The first-order valence-electron chi connectivity index (χ1n) is 10.0. The van der Waals surface area contributed by atoms with E-state index < -0.39 is 0 Å². The number of benzene rings is 5. The summed E-state index contributed by atoms with van der Waals surface area (Å²) < 4.78 is 0. The van der Waals surface area contributed by atoms with Gasteiger partial charge in [0.25, 0.3) is 0 Å². The Labute approximate surface area is 171 Å². The molecule has 0 fully saturated rings. The van der Waals surface area contributed by atoms with Crippen LogP contribution in [0.15, 0.2) is 115 Å². The highest BCUT2D eigenvalue weighted by Gasteiger charge is 2.46. The fraction of sp³-hybridized carbons (Fsp3) is 0.0345. The lowest BCUT2D eigenvalue weighted by molar-refractivity contribution is 0.775. The van der Waals surface area contributed by atoms with Crippen LogP contribution in [0.1, 0.15) is 22.3 Å². The smallest absolute Gasteiger partial charge is 0.0622 e. The average molecular weight is 367 g/mol. The molecule has 0 N–H and O–H groups in total. The molecule has 0 atom stereocenters. The predicted molar refractivity (Wildman–Crippen MR) is 120 cm³/mol. The Morgan fingerprint density at radius 1 is 0.552 bits per heavy atom. The number of hydrogen-bond acceptors (Lipinski definition) is 0. The second kappa shape index (κ2) is 6.18. The lowest BCUT2D eigenvalue weighted by Crippen LogP contribution is -2.28. The van der Waals surface area contributed by atoms with Crippen LogP contribution in [0, 0.1) is 6.07 Å². The molecule has 0 heterocycles. The molecule has 0 aromatic heterocycles. The van der Waals surface area contributed by atoms with Crippen LogP contribution >= 0.6 is 0 Å². The van der Waals surface area contributed by atoms with Crippen LogP contribution < -0.4 is 0 Å². The van der Waals surface area contributed by atoms with Crippen LogP contribution in [0.2, 0.25) is 0 Å². The summed E-state index contributed by atoms with van der Waals surface area (Å²) >= 11 is 0. The van der Waals surface area contributed by atoms with Crippen LogP contribution in [0.3, 0.4) is 0 Å². The van der Waals surface area contributed by atoms with Crippen LogP contribution in [0.25, 0.3) is 21.9 Å². The van der Waals surface area contributed by atoms with Gasteiger partial charge in [0.05, 0.1) is 5.41 Å². The summed E-state index contributed by atoms with van der Waals surface area (Å²) in [5, 5.41) is 2.53. The van der Waals surface area contributed by atoms with Crippen molar-refractivity contribution in [3.63, 3.8) is 0 Å². The van der Waals surface area contributed by atoms with Gasteiger partial charge in [-0.05, 0) is 56.3 Å². The molecule has 5 aromatic carbocycles. The van der Waals surface area contributed by atoms with Crippen molar-refractivity contribution in [1.29, 1.82) is 0 Å². The van der Waals surface area contributed by atoms with Crippen molar-refractivity contribution in [2.75, 3.05) is 0 Å². The Morgan fingerprint density at radius 3 is 1.93 bits per heavy atom. The van der Waals surface area contributed by atoms with Gasteiger partial charge < -0.3 is 0 Å². The highest BCUT2D eigenvalue weighted by molar-refractivity contribution is 6.00. The van der Waals surface area contributed by atoms with Crippen molar-refractivity contribution in [3.8, 4) is 11.1 Å². The molecule has 0 nitrogen and oxygen atoms in total. The first-order valence-corrected chi connectivity index (χ1v) is 10.0. The Hall–Kier alpha value is -3.64. The summed E-state index contributed by atoms with van der Waals surface area (Å²) in [5.41, 5.74) is 7.61. The van der Waals surface area contributed by atoms with E-state index in [1.54, 1.807) is 0 Å². The average Bonchev–Trinajstić information content (AvgIpc) is 3.12. The fourth-order valence-electron chi connectivity index (χ4n) is 5.16. The Bertz CT molecular complexity index is 1290. The minimum Gasteiger partial charge on any atom is -0.0622 e. The van der Waals surface area contributed by atoms with E-state index in [0.29, 0.717) is 0 Å². The largest absolute Gasteiger partial charge is 0.0719 e. The van der Waals surface area contributed by atoms with Gasteiger partial charge in [0, 0.05) is 0 Å². The monoisotopic (exact) mass is 367 g/mol. The van der Waals surface area contributed by atoms with E-state index >= 15 is 0 Å². The van der Waals surface area contributed by atoms with Gasteiger partial charge in [0.15, 0.2) is 0 Å². The number of hydrogen-bond donors (Lipinski definition) is 0. The van der Waals surface area contributed by atoms with Crippen LogP contribution in [-0.2, 0) is 5.41 Å². The summed E-state index contributed by atoms with van der Waals surface area (Å²) in [6.07, 6.45) is 0. The minimum absolute atomic E-state index is 0.344. The van der Waals surface area contributed by atoms with Crippen molar-refractivity contribution in [1.82, 2.24) is 0 Å². The molecule has 0 aliphatic heterocycles. The van der Waals surface area contributed by atoms with Gasteiger partial charge in [-0.1, -0.05) is 109 Å². The summed E-state index contributed by atoms with van der Waals surface area (Å²) in [7, 11) is 0. The van der Waals surface area contributed by atoms with Gasteiger partial charge in [0.2, 0.25) is 0 Å². The third kappa shape index (κ3) is 2.14. The molecule has 5 aromatic rings. The molecule has 0 spiro atoms. The molecule has 6 rings (SSSR count). The molecule has 1 radical (unpaired) electrons. The van der Waals surface area contributed by atoms with E-state index in [0.717, 1.165) is 0 Å². The van der Waals surface area contributed by atoms with E-state index in [2.05, 4.69) is 115 Å². The molecule has 0 saturated heterocycles. The number of fused-ring (bicyclic) bond motifs is 5. The summed E-state index contributed by atoms with van der Waals surface area (Å²) in [5.74, 6) is 0. The maximum absolute atomic E-state index is 3.33. The van der Waals surface area contributed by atoms with Crippen LogP contribution in [0.5, 0.6) is 0 Å². The van der Waals surface area contributed by atoms with Crippen molar-refractivity contribution >= 4 is 10.8 Å². The van der Waals surface area contributed by atoms with Crippen LogP contribution in [-0.4, -0.2) is 0 Å². The highest BCUT2D eigenvalue weighted by atomic mass is 14.5. The highest BCUT2D eigenvalue weighted by Crippen LogP contribution is 2.57. The molecule has 0 bridgehead atoms. The molecule has 0 saturated carbocycles. The third-order valence-electron chi connectivity index (χ3n) is 6.28. The van der Waals surface area contributed by atoms with E-state index in [-0.39, 0.29) is 5.41 Å². The van der Waals surface area contributed by atoms with Gasteiger partial charge in [-0.3, -0.25) is 0 Å². The zero-order chi connectivity index (χ0) is 19.3. The Kier molecular flexibility index (Phi) is 3.48. The van der Waals surface area contributed by atoms with Gasteiger partial charge >= 0.3 is 0 Å². The summed E-state index contributed by atoms with van der Waals surface area (Å²) in [4.78, 5) is 0. The zero-order valence-corrected chi connectivity index (χ0v) is 16.0. The first kappa shape index (κ1) is 16.3. The molecule has 1 aliphatic rings. The van der Waals surface area contributed by atoms with Gasteiger partial charge in [-0.2, -0.15) is 0 Å². The molecule has 0 amide bonds. The fourth-order valence-corrected chi connectivity index (χ4v) is 5.16. The molecular formula is C29H19. The molecular weight excluding hydrogens is 348 g/mol. The summed E-state index contributed by atoms with van der Waals surface area (Å²) in [6, 6.07) is 44.9. The lowest BCUT2D eigenvalue weighted by Gasteiger charge is -2.34. The summed E-state index contributed by atoms with van der Waals surface area (Å²) in [6.45, 7) is 0. The second-order valence-electron chi connectivity index (χ2n) is 7.66. The first-order chi connectivity index (χ1) is 14.4. The van der Waals surface area contributed by atoms with E-state index in [4.69, 9.17) is 0 Å².